The highest BCUT2D eigenvalue weighted by Crippen LogP contribution is 2.43. The van der Waals surface area contributed by atoms with Gasteiger partial charge in [0.25, 0.3) is 0 Å². The Bertz CT molecular complexity index is 1580. The van der Waals surface area contributed by atoms with Gasteiger partial charge in [-0.05, 0) is 103 Å². The van der Waals surface area contributed by atoms with Gasteiger partial charge in [0.15, 0.2) is 6.10 Å². The smallest absolute Gasteiger partial charge is 0.462 e. The number of hydrogen-bond acceptors (Lipinski definition) is 8. The molecule has 0 spiro atoms. The van der Waals surface area contributed by atoms with Gasteiger partial charge in [-0.2, -0.15) is 0 Å². The Morgan fingerprint density at radius 3 is 1.12 bits per heavy atom. The van der Waals surface area contributed by atoms with Gasteiger partial charge in [0.2, 0.25) is 0 Å². The summed E-state index contributed by atoms with van der Waals surface area (Å²) in [6.45, 7) is 3.61. The summed E-state index contributed by atoms with van der Waals surface area (Å²) in [5.74, 6) is -0.839. The van der Waals surface area contributed by atoms with Crippen molar-refractivity contribution in [2.45, 2.75) is 258 Å². The maximum absolute atomic E-state index is 12.7. The summed E-state index contributed by atoms with van der Waals surface area (Å²) < 4.78 is 33.0. The summed E-state index contributed by atoms with van der Waals surface area (Å²) in [6, 6.07) is 0. The van der Waals surface area contributed by atoms with E-state index in [1.54, 1.807) is 0 Å². The first kappa shape index (κ1) is 70.7. The largest absolute Gasteiger partial charge is 0.472 e. The molecule has 0 aromatic rings. The van der Waals surface area contributed by atoms with Crippen LogP contribution in [0.4, 0.5) is 0 Å². The Kier molecular flexibility index (Phi) is 56.3. The van der Waals surface area contributed by atoms with Gasteiger partial charge in [0.1, 0.15) is 6.61 Å². The van der Waals surface area contributed by atoms with Crippen molar-refractivity contribution in [2.75, 3.05) is 26.4 Å². The van der Waals surface area contributed by atoms with Crippen molar-refractivity contribution in [1.82, 2.24) is 0 Å². The van der Waals surface area contributed by atoms with Crippen LogP contribution in [-0.2, 0) is 32.7 Å². The number of nitrogens with two attached hydrogens (primary N) is 1. The summed E-state index contributed by atoms with van der Waals surface area (Å²) in [5.41, 5.74) is 5.37. The lowest BCUT2D eigenvalue weighted by atomic mass is 10.0. The van der Waals surface area contributed by atoms with E-state index >= 15 is 0 Å². The van der Waals surface area contributed by atoms with Crippen LogP contribution in [0, 0.1) is 0 Å². The number of esters is 2. The molecule has 0 rings (SSSR count). The van der Waals surface area contributed by atoms with Crippen molar-refractivity contribution in [3.63, 3.8) is 0 Å². The molecular weight excluding hydrogens is 942 g/mol. The van der Waals surface area contributed by atoms with E-state index in [0.29, 0.717) is 6.42 Å². The molecule has 424 valence electrons. The lowest BCUT2D eigenvalue weighted by molar-refractivity contribution is -0.161. The third kappa shape index (κ3) is 57.9. The van der Waals surface area contributed by atoms with Crippen molar-refractivity contribution in [1.29, 1.82) is 0 Å². The molecule has 0 aliphatic rings. The lowest BCUT2D eigenvalue weighted by Gasteiger charge is -2.19. The standard InChI is InChI=1S/C64H110NO8P/c1-3-5-7-9-11-13-15-17-19-20-21-22-23-24-25-26-27-28-29-30-31-32-33-34-35-36-37-38-39-40-41-42-43-45-47-49-51-53-55-57-64(67)73-62(61-72-74(68,69)71-59-58-65)60-70-63(66)56-54-52-50-48-46-44-18-16-14-12-10-8-6-4-2/h5,7,11,13,16-19,21-22,24-25,27-28,30-31,33-34,62H,3-4,6,8-10,12,14-15,20,23,26,29,32,35-61,65H2,1-2H3,(H,68,69)/b7-5-,13-11-,18-16-,19-17-,22-21-,25-24-,28-27-,31-30-,34-33-. The predicted octanol–water partition coefficient (Wildman–Crippen LogP) is 19.0. The molecule has 0 amide bonds. The zero-order valence-electron chi connectivity index (χ0n) is 47.3. The van der Waals surface area contributed by atoms with Gasteiger partial charge < -0.3 is 20.1 Å². The van der Waals surface area contributed by atoms with E-state index in [1.165, 1.54) is 109 Å². The van der Waals surface area contributed by atoms with Crippen molar-refractivity contribution in [2.24, 2.45) is 5.73 Å². The Morgan fingerprint density at radius 1 is 0.419 bits per heavy atom. The van der Waals surface area contributed by atoms with Crippen LogP contribution in [0.2, 0.25) is 0 Å². The second kappa shape index (κ2) is 58.9. The molecule has 0 aromatic carbocycles. The number of allylic oxidation sites excluding steroid dienone is 18. The van der Waals surface area contributed by atoms with Crippen LogP contribution < -0.4 is 5.73 Å². The average Bonchev–Trinajstić information content (AvgIpc) is 3.39. The SMILES string of the molecule is CC/C=C\C/C=C\C/C=C\C/C=C\C/C=C\C/C=C\C/C=C\C/C=C\CCCCCCCCCCCCCCCCC(=O)OC(COC(=O)CCCCCCC/C=C\CCCCCCC)COP(=O)(O)OCCN. The van der Waals surface area contributed by atoms with E-state index in [1.807, 2.05) is 0 Å². The maximum atomic E-state index is 12.7. The van der Waals surface area contributed by atoms with Gasteiger partial charge in [-0.25, -0.2) is 4.57 Å². The Hall–Kier alpha value is -3.33. The van der Waals surface area contributed by atoms with E-state index in [2.05, 4.69) is 123 Å². The number of rotatable bonds is 55. The van der Waals surface area contributed by atoms with Crippen molar-refractivity contribution < 1.29 is 37.6 Å². The van der Waals surface area contributed by atoms with Gasteiger partial charge in [0, 0.05) is 19.4 Å². The second-order valence-corrected chi connectivity index (χ2v) is 20.9. The lowest BCUT2D eigenvalue weighted by Crippen LogP contribution is -2.29. The topological polar surface area (TPSA) is 134 Å². The Labute approximate surface area is 454 Å². The summed E-state index contributed by atoms with van der Waals surface area (Å²) in [5, 5.41) is 0. The van der Waals surface area contributed by atoms with Crippen molar-refractivity contribution in [3.05, 3.63) is 109 Å². The van der Waals surface area contributed by atoms with E-state index in [4.69, 9.17) is 24.3 Å². The molecule has 3 N–H and O–H groups in total. The molecule has 0 bridgehead atoms. The van der Waals surface area contributed by atoms with Crippen LogP contribution in [0.1, 0.15) is 251 Å². The third-order valence-corrected chi connectivity index (χ3v) is 13.4. The zero-order chi connectivity index (χ0) is 53.8. The minimum atomic E-state index is -4.39. The summed E-state index contributed by atoms with van der Waals surface area (Å²) in [6.07, 6.45) is 80.1. The first-order valence-corrected chi connectivity index (χ1v) is 31.4. The van der Waals surface area contributed by atoms with Crippen LogP contribution >= 0.6 is 7.82 Å². The van der Waals surface area contributed by atoms with Crippen LogP contribution in [0.5, 0.6) is 0 Å². The number of ether oxygens (including phenoxy) is 2. The predicted molar refractivity (Wildman–Crippen MR) is 316 cm³/mol. The molecule has 0 fully saturated rings. The monoisotopic (exact) mass is 1050 g/mol. The molecule has 9 nitrogen and oxygen atoms in total. The fourth-order valence-corrected chi connectivity index (χ4v) is 8.76. The van der Waals surface area contributed by atoms with Gasteiger partial charge in [-0.1, -0.05) is 245 Å². The van der Waals surface area contributed by atoms with Crippen LogP contribution in [-0.4, -0.2) is 49.3 Å². The highest BCUT2D eigenvalue weighted by molar-refractivity contribution is 7.47. The van der Waals surface area contributed by atoms with E-state index < -0.39 is 32.5 Å². The fourth-order valence-electron chi connectivity index (χ4n) is 8.00. The number of carbonyl (C=O) groups is 2. The maximum Gasteiger partial charge on any atom is 0.472 e. The molecule has 0 heterocycles. The molecule has 10 heteroatoms. The van der Waals surface area contributed by atoms with Gasteiger partial charge in [0.05, 0.1) is 13.2 Å². The van der Waals surface area contributed by atoms with E-state index in [-0.39, 0.29) is 32.6 Å². The average molecular weight is 1050 g/mol. The highest BCUT2D eigenvalue weighted by Gasteiger charge is 2.26. The summed E-state index contributed by atoms with van der Waals surface area (Å²) >= 11 is 0. The van der Waals surface area contributed by atoms with Crippen LogP contribution in [0.3, 0.4) is 0 Å². The zero-order valence-corrected chi connectivity index (χ0v) is 48.2. The minimum Gasteiger partial charge on any atom is -0.462 e. The molecule has 74 heavy (non-hydrogen) atoms. The summed E-state index contributed by atoms with van der Waals surface area (Å²) in [4.78, 5) is 35.1. The molecular formula is C64H110NO8P. The molecule has 0 aromatic heterocycles. The number of carbonyl (C=O) groups excluding carboxylic acids is 2. The van der Waals surface area contributed by atoms with E-state index in [0.717, 1.165) is 109 Å². The minimum absolute atomic E-state index is 0.0491. The number of unbranched alkanes of at least 4 members (excludes halogenated alkanes) is 24. The van der Waals surface area contributed by atoms with Crippen LogP contribution in [0.25, 0.3) is 0 Å². The Morgan fingerprint density at radius 2 is 0.743 bits per heavy atom. The quantitative estimate of drug-likeness (QED) is 0.0264. The number of phosphoric acid groups is 1. The van der Waals surface area contributed by atoms with Crippen LogP contribution in [0.15, 0.2) is 109 Å². The fraction of sp³-hybridized carbons (Fsp3) is 0.688. The first-order valence-electron chi connectivity index (χ1n) is 29.9. The number of hydrogen-bond donors (Lipinski definition) is 2. The van der Waals surface area contributed by atoms with Gasteiger partial charge in [-0.15, -0.1) is 0 Å². The Balaban J connectivity index is 3.90. The molecule has 0 aliphatic carbocycles. The normalized spacial score (nSPS) is 13.8. The van der Waals surface area contributed by atoms with Gasteiger partial charge >= 0.3 is 19.8 Å². The van der Waals surface area contributed by atoms with Gasteiger partial charge in [-0.3, -0.25) is 18.6 Å². The summed E-state index contributed by atoms with van der Waals surface area (Å²) in [7, 11) is -4.39. The molecule has 0 aliphatic heterocycles. The van der Waals surface area contributed by atoms with Crippen molar-refractivity contribution in [3.8, 4) is 0 Å². The molecule has 0 radical (unpaired) electrons. The highest BCUT2D eigenvalue weighted by atomic mass is 31.2. The second-order valence-electron chi connectivity index (χ2n) is 19.5. The third-order valence-electron chi connectivity index (χ3n) is 12.4. The van der Waals surface area contributed by atoms with E-state index in [9.17, 15) is 19.0 Å². The molecule has 2 atom stereocenters. The van der Waals surface area contributed by atoms with Crippen molar-refractivity contribution >= 4 is 19.8 Å². The first-order chi connectivity index (χ1) is 36.3. The number of phosphoric ester groups is 1. The molecule has 0 saturated carbocycles. The molecule has 0 saturated heterocycles. The molecule has 2 unspecified atom stereocenters.